The molecule has 154 valence electrons. The van der Waals surface area contributed by atoms with Gasteiger partial charge in [-0.1, -0.05) is 36.4 Å². The van der Waals surface area contributed by atoms with Gasteiger partial charge >= 0.3 is 0 Å². The lowest BCUT2D eigenvalue weighted by Gasteiger charge is -2.31. The predicted octanol–water partition coefficient (Wildman–Crippen LogP) is 2.84. The summed E-state index contributed by atoms with van der Waals surface area (Å²) in [5.41, 5.74) is 1.99. The van der Waals surface area contributed by atoms with E-state index in [0.717, 1.165) is 37.3 Å². The summed E-state index contributed by atoms with van der Waals surface area (Å²) >= 11 is 0. The number of piperazine rings is 1. The molecule has 8 heteroatoms. The van der Waals surface area contributed by atoms with Gasteiger partial charge in [-0.15, -0.1) is 0 Å². The number of nitrogens with one attached hydrogen (secondary N) is 1. The molecule has 30 heavy (non-hydrogen) atoms. The van der Waals surface area contributed by atoms with Crippen LogP contribution in [0.3, 0.4) is 0 Å². The van der Waals surface area contributed by atoms with Crippen molar-refractivity contribution in [2.45, 2.75) is 4.90 Å². The lowest BCUT2D eigenvalue weighted by molar-refractivity contribution is 0.417. The first kappa shape index (κ1) is 18.9. The molecule has 1 aliphatic heterocycles. The van der Waals surface area contributed by atoms with E-state index >= 15 is 0 Å². The van der Waals surface area contributed by atoms with Crippen LogP contribution in [0, 0.1) is 0 Å². The molecule has 1 aromatic heterocycles. The molecule has 0 amide bonds. The number of hydrogen-bond acceptors (Lipinski definition) is 6. The van der Waals surface area contributed by atoms with Gasteiger partial charge in [-0.3, -0.25) is 0 Å². The van der Waals surface area contributed by atoms with Gasteiger partial charge in [0, 0.05) is 37.0 Å². The first-order valence-corrected chi connectivity index (χ1v) is 11.3. The lowest BCUT2D eigenvalue weighted by atomic mass is 10.1. The van der Waals surface area contributed by atoms with Gasteiger partial charge in [-0.05, 0) is 18.2 Å². The number of rotatable bonds is 4. The van der Waals surface area contributed by atoms with Gasteiger partial charge in [0.05, 0.1) is 28.7 Å². The predicted molar refractivity (Wildman–Crippen MR) is 118 cm³/mol. The number of hydrogen-bond donors (Lipinski definition) is 1. The molecule has 7 nitrogen and oxygen atoms in total. The average Bonchev–Trinajstić information content (AvgIpc) is 3.23. The molecule has 0 aliphatic carbocycles. The standard InChI is InChI=1S/C22H22N4O3S/c1-29-22-17-7-3-2-6-16(17)21(14-20(22)25-12-10-23-11-13-25)30(27,28)26-15-24-18-8-4-5-9-19(18)26/h2-9,14-15,23H,10-13H2,1H3. The molecule has 1 saturated heterocycles. The maximum absolute atomic E-state index is 13.8. The van der Waals surface area contributed by atoms with E-state index < -0.39 is 10.0 Å². The Hall–Kier alpha value is -3.10. The van der Waals surface area contributed by atoms with E-state index in [2.05, 4.69) is 15.2 Å². The number of anilines is 1. The molecule has 1 N–H and O–H groups in total. The van der Waals surface area contributed by atoms with Gasteiger partial charge < -0.3 is 15.0 Å². The summed E-state index contributed by atoms with van der Waals surface area (Å²) in [6.45, 7) is 3.23. The van der Waals surface area contributed by atoms with E-state index in [4.69, 9.17) is 4.74 Å². The van der Waals surface area contributed by atoms with Gasteiger partial charge in [-0.25, -0.2) is 17.4 Å². The van der Waals surface area contributed by atoms with Gasteiger partial charge in [0.1, 0.15) is 12.1 Å². The summed E-state index contributed by atoms with van der Waals surface area (Å²) in [6.07, 6.45) is 1.38. The minimum Gasteiger partial charge on any atom is -0.494 e. The Labute approximate surface area is 174 Å². The maximum atomic E-state index is 13.8. The van der Waals surface area contributed by atoms with Gasteiger partial charge in [0.25, 0.3) is 10.0 Å². The number of ether oxygens (including phenoxy) is 1. The zero-order valence-electron chi connectivity index (χ0n) is 16.6. The molecule has 0 spiro atoms. The van der Waals surface area contributed by atoms with Gasteiger partial charge in [-0.2, -0.15) is 0 Å². The number of para-hydroxylation sites is 2. The fourth-order valence-corrected chi connectivity index (χ4v) is 5.62. The van der Waals surface area contributed by atoms with E-state index in [1.54, 1.807) is 25.3 Å². The molecule has 0 atom stereocenters. The van der Waals surface area contributed by atoms with E-state index in [9.17, 15) is 8.42 Å². The van der Waals surface area contributed by atoms with Crippen LogP contribution < -0.4 is 15.0 Å². The molecule has 4 aromatic rings. The van der Waals surface area contributed by atoms with Gasteiger partial charge in [0.2, 0.25) is 0 Å². The number of imidazole rings is 1. The van der Waals surface area contributed by atoms with Crippen molar-refractivity contribution in [3.05, 3.63) is 60.9 Å². The van der Waals surface area contributed by atoms with Crippen LogP contribution in [-0.2, 0) is 10.0 Å². The average molecular weight is 423 g/mol. The Kier molecular flexibility index (Phi) is 4.60. The quantitative estimate of drug-likeness (QED) is 0.545. The molecule has 5 rings (SSSR count). The Morgan fingerprint density at radius 1 is 1.00 bits per heavy atom. The second-order valence-electron chi connectivity index (χ2n) is 7.24. The Balaban J connectivity index is 1.80. The topological polar surface area (TPSA) is 76.5 Å². The van der Waals surface area contributed by atoms with Crippen LogP contribution in [-0.4, -0.2) is 50.7 Å². The molecule has 1 aliphatic rings. The highest BCUT2D eigenvalue weighted by molar-refractivity contribution is 7.90. The summed E-state index contributed by atoms with van der Waals surface area (Å²) in [5, 5.41) is 4.74. The van der Waals surface area contributed by atoms with Crippen molar-refractivity contribution in [2.24, 2.45) is 0 Å². The monoisotopic (exact) mass is 422 g/mol. The smallest absolute Gasteiger partial charge is 0.270 e. The van der Waals surface area contributed by atoms with Crippen molar-refractivity contribution >= 4 is 37.5 Å². The fourth-order valence-electron chi connectivity index (χ4n) is 4.10. The van der Waals surface area contributed by atoms with E-state index in [1.165, 1.54) is 10.3 Å². The van der Waals surface area contributed by atoms with Crippen molar-refractivity contribution in [3.8, 4) is 5.75 Å². The molecule has 1 fully saturated rings. The minimum atomic E-state index is -3.88. The first-order chi connectivity index (χ1) is 14.6. The van der Waals surface area contributed by atoms with Crippen molar-refractivity contribution in [3.63, 3.8) is 0 Å². The third-order valence-corrected chi connectivity index (χ3v) is 7.26. The van der Waals surface area contributed by atoms with Gasteiger partial charge in [0.15, 0.2) is 0 Å². The summed E-state index contributed by atoms with van der Waals surface area (Å²) in [7, 11) is -2.25. The van der Waals surface area contributed by atoms with Crippen LogP contribution in [0.25, 0.3) is 21.8 Å². The largest absolute Gasteiger partial charge is 0.494 e. The summed E-state index contributed by atoms with van der Waals surface area (Å²) < 4.78 is 34.6. The van der Waals surface area contributed by atoms with Crippen LogP contribution in [0.2, 0.25) is 0 Å². The lowest BCUT2D eigenvalue weighted by Crippen LogP contribution is -2.43. The Morgan fingerprint density at radius 3 is 2.47 bits per heavy atom. The molecule has 0 bridgehead atoms. The van der Waals surface area contributed by atoms with Crippen molar-refractivity contribution in [1.82, 2.24) is 14.3 Å². The van der Waals surface area contributed by atoms with E-state index in [-0.39, 0.29) is 4.90 Å². The minimum absolute atomic E-state index is 0.246. The van der Waals surface area contributed by atoms with Crippen molar-refractivity contribution < 1.29 is 13.2 Å². The molecule has 3 aromatic carbocycles. The van der Waals surface area contributed by atoms with Crippen LogP contribution >= 0.6 is 0 Å². The molecule has 0 radical (unpaired) electrons. The van der Waals surface area contributed by atoms with Crippen molar-refractivity contribution in [2.75, 3.05) is 38.2 Å². The summed E-state index contributed by atoms with van der Waals surface area (Å²) in [4.78, 5) is 6.70. The second kappa shape index (κ2) is 7.30. The number of methoxy groups -OCH3 is 1. The third-order valence-electron chi connectivity index (χ3n) is 5.56. The highest BCUT2D eigenvalue weighted by Gasteiger charge is 2.27. The van der Waals surface area contributed by atoms with Crippen molar-refractivity contribution in [1.29, 1.82) is 0 Å². The number of benzene rings is 3. The zero-order valence-corrected chi connectivity index (χ0v) is 17.4. The SMILES string of the molecule is COc1c(N2CCNCC2)cc(S(=O)(=O)n2cnc3ccccc32)c2ccccc12. The zero-order chi connectivity index (χ0) is 20.7. The number of fused-ring (bicyclic) bond motifs is 2. The van der Waals surface area contributed by atoms with Crippen LogP contribution in [0.5, 0.6) is 5.75 Å². The van der Waals surface area contributed by atoms with E-state index in [1.807, 2.05) is 36.4 Å². The molecule has 0 saturated carbocycles. The number of nitrogens with zero attached hydrogens (tertiary/aromatic N) is 3. The Morgan fingerprint density at radius 2 is 1.70 bits per heavy atom. The Bertz CT molecular complexity index is 1340. The van der Waals surface area contributed by atoms with E-state index in [0.29, 0.717) is 22.2 Å². The summed E-state index contributed by atoms with van der Waals surface area (Å²) in [5.74, 6) is 0.696. The third kappa shape index (κ3) is 2.91. The highest BCUT2D eigenvalue weighted by atomic mass is 32.2. The molecular formula is C22H22N4O3S. The van der Waals surface area contributed by atoms with Crippen LogP contribution in [0.15, 0.2) is 65.8 Å². The summed E-state index contributed by atoms with van der Waals surface area (Å²) in [6, 6.07) is 16.5. The molecule has 0 unspecified atom stereocenters. The normalized spacial score (nSPS) is 15.0. The molecular weight excluding hydrogens is 400 g/mol. The fraction of sp³-hybridized carbons (Fsp3) is 0.227. The highest BCUT2D eigenvalue weighted by Crippen LogP contribution is 2.41. The molecule has 2 heterocycles. The number of aromatic nitrogens is 2. The maximum Gasteiger partial charge on any atom is 0.270 e. The second-order valence-corrected chi connectivity index (χ2v) is 9.03. The van der Waals surface area contributed by atoms with Crippen LogP contribution in [0.1, 0.15) is 0 Å². The van der Waals surface area contributed by atoms with Crippen LogP contribution in [0.4, 0.5) is 5.69 Å². The first-order valence-electron chi connectivity index (χ1n) is 9.84.